The summed E-state index contributed by atoms with van der Waals surface area (Å²) in [5.74, 6) is 0.719. The first-order chi connectivity index (χ1) is 6.51. The largest absolute Gasteiger partial charge is 0.496 e. The van der Waals surface area contributed by atoms with Gasteiger partial charge in [0.15, 0.2) is 0 Å². The van der Waals surface area contributed by atoms with Crippen LogP contribution in [0, 0.1) is 6.92 Å². The van der Waals surface area contributed by atoms with Crippen molar-refractivity contribution >= 4 is 0 Å². The second-order valence-corrected chi connectivity index (χ2v) is 3.62. The number of ether oxygens (including phenoxy) is 1. The number of benzene rings is 1. The van der Waals surface area contributed by atoms with Crippen LogP contribution in [0.4, 0.5) is 0 Å². The Kier molecular flexibility index (Phi) is 3.13. The predicted molar refractivity (Wildman–Crippen MR) is 54.4 cm³/mol. The molecule has 0 radical (unpaired) electrons. The highest BCUT2D eigenvalue weighted by atomic mass is 16.5. The second kappa shape index (κ2) is 3.98. The molecule has 78 valence electrons. The molecule has 14 heavy (non-hydrogen) atoms. The Morgan fingerprint density at radius 1 is 1.43 bits per heavy atom. The lowest BCUT2D eigenvalue weighted by atomic mass is 9.96. The normalized spacial score (nSPS) is 14.9. The molecule has 0 saturated heterocycles. The lowest BCUT2D eigenvalue weighted by Crippen LogP contribution is -2.25. The summed E-state index contributed by atoms with van der Waals surface area (Å²) in [7, 11) is 1.58. The number of methoxy groups -OCH3 is 1. The van der Waals surface area contributed by atoms with Gasteiger partial charge in [0.2, 0.25) is 0 Å². The summed E-state index contributed by atoms with van der Waals surface area (Å²) in [6, 6.07) is 5.39. The zero-order valence-electron chi connectivity index (χ0n) is 8.74. The smallest absolute Gasteiger partial charge is 0.122 e. The molecule has 1 rings (SSSR count). The molecular formula is C11H16O3. The molecule has 1 atom stereocenters. The van der Waals surface area contributed by atoms with E-state index in [1.165, 1.54) is 0 Å². The minimum absolute atomic E-state index is 0.306. The molecule has 0 aliphatic carbocycles. The first-order valence-electron chi connectivity index (χ1n) is 4.49. The highest BCUT2D eigenvalue weighted by Crippen LogP contribution is 2.26. The van der Waals surface area contributed by atoms with E-state index in [1.54, 1.807) is 26.2 Å². The van der Waals surface area contributed by atoms with Gasteiger partial charge in [0.05, 0.1) is 13.7 Å². The molecule has 0 saturated carbocycles. The van der Waals surface area contributed by atoms with Crippen LogP contribution < -0.4 is 4.74 Å². The maximum Gasteiger partial charge on any atom is 0.122 e. The van der Waals surface area contributed by atoms with Crippen molar-refractivity contribution in [2.45, 2.75) is 19.4 Å². The van der Waals surface area contributed by atoms with Gasteiger partial charge in [-0.3, -0.25) is 0 Å². The van der Waals surface area contributed by atoms with Gasteiger partial charge in [-0.1, -0.05) is 12.1 Å². The Bertz CT molecular complexity index is 318. The van der Waals surface area contributed by atoms with Gasteiger partial charge in [-0.25, -0.2) is 0 Å². The van der Waals surface area contributed by atoms with Gasteiger partial charge in [-0.2, -0.15) is 0 Å². The van der Waals surface area contributed by atoms with Gasteiger partial charge in [0.1, 0.15) is 11.4 Å². The molecule has 1 aromatic rings. The van der Waals surface area contributed by atoms with Crippen LogP contribution >= 0.6 is 0 Å². The van der Waals surface area contributed by atoms with Crippen LogP contribution in [0.3, 0.4) is 0 Å². The molecule has 1 unspecified atom stereocenters. The predicted octanol–water partition coefficient (Wildman–Crippen LogP) is 1.20. The Hall–Kier alpha value is -1.06. The van der Waals surface area contributed by atoms with E-state index < -0.39 is 5.60 Å². The van der Waals surface area contributed by atoms with Crippen LogP contribution in [-0.4, -0.2) is 23.9 Å². The third-order valence-electron chi connectivity index (χ3n) is 2.34. The van der Waals surface area contributed by atoms with Crippen molar-refractivity contribution in [2.75, 3.05) is 13.7 Å². The van der Waals surface area contributed by atoms with E-state index in [0.717, 1.165) is 11.3 Å². The standard InChI is InChI=1S/C11H16O3/c1-8-4-5-9(6-10(8)14-3)11(2,13)7-12/h4-6,12-13H,7H2,1-3H3. The van der Waals surface area contributed by atoms with Gasteiger partial charge in [-0.05, 0) is 31.0 Å². The zero-order valence-corrected chi connectivity index (χ0v) is 8.74. The third kappa shape index (κ3) is 2.05. The molecule has 3 nitrogen and oxygen atoms in total. The van der Waals surface area contributed by atoms with E-state index in [9.17, 15) is 5.11 Å². The zero-order chi connectivity index (χ0) is 10.8. The number of hydrogen-bond acceptors (Lipinski definition) is 3. The number of aliphatic hydroxyl groups is 2. The van der Waals surface area contributed by atoms with Gasteiger partial charge in [0.25, 0.3) is 0 Å². The summed E-state index contributed by atoms with van der Waals surface area (Å²) >= 11 is 0. The van der Waals surface area contributed by atoms with Crippen LogP contribution in [0.5, 0.6) is 5.75 Å². The molecule has 0 fully saturated rings. The summed E-state index contributed by atoms with van der Waals surface area (Å²) in [4.78, 5) is 0. The van der Waals surface area contributed by atoms with Crippen LogP contribution in [0.1, 0.15) is 18.1 Å². The lowest BCUT2D eigenvalue weighted by Gasteiger charge is -2.21. The Morgan fingerprint density at radius 3 is 2.57 bits per heavy atom. The van der Waals surface area contributed by atoms with E-state index >= 15 is 0 Å². The number of aryl methyl sites for hydroxylation is 1. The average Bonchev–Trinajstić information content (AvgIpc) is 2.18. The molecule has 0 spiro atoms. The Balaban J connectivity index is 3.12. The molecule has 2 N–H and O–H groups in total. The molecule has 0 aliphatic rings. The van der Waals surface area contributed by atoms with Gasteiger partial charge in [0, 0.05) is 0 Å². The first-order valence-corrected chi connectivity index (χ1v) is 4.49. The van der Waals surface area contributed by atoms with Crippen LogP contribution in [0.2, 0.25) is 0 Å². The Labute approximate surface area is 84.0 Å². The maximum absolute atomic E-state index is 9.80. The summed E-state index contributed by atoms with van der Waals surface area (Å²) in [6.45, 7) is 3.19. The van der Waals surface area contributed by atoms with Crippen molar-refractivity contribution in [3.8, 4) is 5.75 Å². The van der Waals surface area contributed by atoms with E-state index in [-0.39, 0.29) is 6.61 Å². The highest BCUT2D eigenvalue weighted by Gasteiger charge is 2.22. The number of aliphatic hydroxyl groups excluding tert-OH is 1. The third-order valence-corrected chi connectivity index (χ3v) is 2.34. The van der Waals surface area contributed by atoms with E-state index in [0.29, 0.717) is 5.56 Å². The molecule has 1 aromatic carbocycles. The quantitative estimate of drug-likeness (QED) is 0.763. The van der Waals surface area contributed by atoms with E-state index in [4.69, 9.17) is 9.84 Å². The van der Waals surface area contributed by atoms with Crippen molar-refractivity contribution < 1.29 is 14.9 Å². The monoisotopic (exact) mass is 196 g/mol. The van der Waals surface area contributed by atoms with Gasteiger partial charge in [-0.15, -0.1) is 0 Å². The molecule has 0 heterocycles. The van der Waals surface area contributed by atoms with Gasteiger partial charge >= 0.3 is 0 Å². The van der Waals surface area contributed by atoms with Gasteiger partial charge < -0.3 is 14.9 Å². The van der Waals surface area contributed by atoms with E-state index in [1.807, 2.05) is 13.0 Å². The molecule has 3 heteroatoms. The first kappa shape index (κ1) is 11.0. The minimum Gasteiger partial charge on any atom is -0.496 e. The molecule has 0 bridgehead atoms. The second-order valence-electron chi connectivity index (χ2n) is 3.62. The minimum atomic E-state index is -1.21. The molecule has 0 amide bonds. The molecule has 0 aliphatic heterocycles. The van der Waals surface area contributed by atoms with Crippen molar-refractivity contribution in [3.63, 3.8) is 0 Å². The topological polar surface area (TPSA) is 49.7 Å². The number of hydrogen-bond donors (Lipinski definition) is 2. The summed E-state index contributed by atoms with van der Waals surface area (Å²) in [5, 5.41) is 18.8. The fraction of sp³-hybridized carbons (Fsp3) is 0.455. The lowest BCUT2D eigenvalue weighted by molar-refractivity contribution is -0.00243. The number of rotatable bonds is 3. The summed E-state index contributed by atoms with van der Waals surface area (Å²) in [5.41, 5.74) is 0.452. The maximum atomic E-state index is 9.80. The fourth-order valence-electron chi connectivity index (χ4n) is 1.25. The SMILES string of the molecule is COc1cc(C(C)(O)CO)ccc1C. The van der Waals surface area contributed by atoms with Crippen LogP contribution in [0.15, 0.2) is 18.2 Å². The average molecular weight is 196 g/mol. The molecule has 0 aromatic heterocycles. The highest BCUT2D eigenvalue weighted by molar-refractivity contribution is 5.38. The fourth-order valence-corrected chi connectivity index (χ4v) is 1.25. The van der Waals surface area contributed by atoms with E-state index in [2.05, 4.69) is 0 Å². The van der Waals surface area contributed by atoms with Crippen molar-refractivity contribution in [3.05, 3.63) is 29.3 Å². The van der Waals surface area contributed by atoms with Crippen LogP contribution in [0.25, 0.3) is 0 Å². The van der Waals surface area contributed by atoms with Crippen LogP contribution in [-0.2, 0) is 5.60 Å². The molecular weight excluding hydrogens is 180 g/mol. The van der Waals surface area contributed by atoms with Crippen molar-refractivity contribution in [2.24, 2.45) is 0 Å². The van der Waals surface area contributed by atoms with Crippen molar-refractivity contribution in [1.82, 2.24) is 0 Å². The summed E-state index contributed by atoms with van der Waals surface area (Å²) in [6.07, 6.45) is 0. The van der Waals surface area contributed by atoms with Crippen molar-refractivity contribution in [1.29, 1.82) is 0 Å². The Morgan fingerprint density at radius 2 is 2.07 bits per heavy atom. The summed E-state index contributed by atoms with van der Waals surface area (Å²) < 4.78 is 5.13.